The second-order valence-electron chi connectivity index (χ2n) is 14.7. The van der Waals surface area contributed by atoms with Crippen molar-refractivity contribution < 1.29 is 26.2 Å². The molecule has 0 saturated heterocycles. The predicted octanol–water partition coefficient (Wildman–Crippen LogP) is 11.6. The molecule has 0 aliphatic carbocycles. The van der Waals surface area contributed by atoms with E-state index in [1.54, 1.807) is 6.20 Å². The Balaban J connectivity index is 0.00000448. The zero-order chi connectivity index (χ0) is 35.0. The molecule has 51 heavy (non-hydrogen) atoms. The standard InChI is InChI=1S/C45H41N4O.Pt/c1-44(2,3)33-27-36(42(50)37(28-33)45(4,5)6)39-29-38(31-17-8-7-9-18-31)47-43(48-39)32-20-14-21-34(26-32)49(41-24-12-13-25-46-41)40-23-15-19-30-16-10-11-22-35(30)40;/h7-25,27-29,50H,1-6H3;/q-1;. The topological polar surface area (TPSA) is 62.1 Å². The molecule has 6 heteroatoms. The van der Waals surface area contributed by atoms with Gasteiger partial charge in [0, 0.05) is 43.8 Å². The zero-order valence-corrected chi connectivity index (χ0v) is 32.0. The van der Waals surface area contributed by atoms with Crippen LogP contribution >= 0.6 is 0 Å². The summed E-state index contributed by atoms with van der Waals surface area (Å²) in [5.41, 5.74) is 7.18. The van der Waals surface area contributed by atoms with Gasteiger partial charge in [-0.25, -0.2) is 4.98 Å². The molecule has 2 heterocycles. The number of hydrogen-bond acceptors (Lipinski definition) is 5. The zero-order valence-electron chi connectivity index (χ0n) is 29.8. The van der Waals surface area contributed by atoms with Crippen LogP contribution < -0.4 is 4.90 Å². The fourth-order valence-electron chi connectivity index (χ4n) is 6.28. The van der Waals surface area contributed by atoms with Gasteiger partial charge in [0.05, 0.1) is 22.9 Å². The molecule has 258 valence electrons. The predicted molar refractivity (Wildman–Crippen MR) is 206 cm³/mol. The molecule has 0 amide bonds. The van der Waals surface area contributed by atoms with Gasteiger partial charge < -0.3 is 10.0 Å². The molecule has 0 aliphatic heterocycles. The fourth-order valence-corrected chi connectivity index (χ4v) is 6.28. The minimum absolute atomic E-state index is 0. The van der Waals surface area contributed by atoms with Crippen LogP contribution in [0.2, 0.25) is 0 Å². The minimum Gasteiger partial charge on any atom is -0.507 e. The van der Waals surface area contributed by atoms with E-state index in [2.05, 4.69) is 107 Å². The summed E-state index contributed by atoms with van der Waals surface area (Å²) in [6.07, 6.45) is 1.81. The van der Waals surface area contributed by atoms with Crippen LogP contribution in [0.5, 0.6) is 5.75 Å². The number of nitrogens with zero attached hydrogens (tertiary/aromatic N) is 4. The number of aromatic hydroxyl groups is 1. The van der Waals surface area contributed by atoms with Crippen LogP contribution in [0.25, 0.3) is 44.7 Å². The van der Waals surface area contributed by atoms with Crippen LogP contribution in [0.3, 0.4) is 0 Å². The van der Waals surface area contributed by atoms with Gasteiger partial charge in [0.1, 0.15) is 11.6 Å². The Kier molecular flexibility index (Phi) is 9.97. The number of aromatic nitrogens is 3. The maximum atomic E-state index is 11.9. The van der Waals surface area contributed by atoms with Gasteiger partial charge in [0.25, 0.3) is 0 Å². The van der Waals surface area contributed by atoms with Gasteiger partial charge >= 0.3 is 0 Å². The van der Waals surface area contributed by atoms with Gasteiger partial charge in [0.2, 0.25) is 0 Å². The van der Waals surface area contributed by atoms with E-state index >= 15 is 0 Å². The van der Waals surface area contributed by atoms with E-state index in [1.165, 1.54) is 0 Å². The molecular formula is C45H41N4OPt-. The van der Waals surface area contributed by atoms with Crippen molar-refractivity contribution in [2.24, 2.45) is 0 Å². The summed E-state index contributed by atoms with van der Waals surface area (Å²) in [6.45, 7) is 13.0. The van der Waals surface area contributed by atoms with Gasteiger partial charge in [-0.05, 0) is 63.4 Å². The number of phenolic OH excluding ortho intramolecular Hbond substituents is 1. The summed E-state index contributed by atoms with van der Waals surface area (Å²) in [4.78, 5) is 17.2. The van der Waals surface area contributed by atoms with Crippen LogP contribution in [0.4, 0.5) is 17.2 Å². The fraction of sp³-hybridized carbons (Fsp3) is 0.178. The second kappa shape index (κ2) is 14.2. The molecule has 1 N–H and O–H groups in total. The summed E-state index contributed by atoms with van der Waals surface area (Å²) in [5.74, 6) is 1.53. The van der Waals surface area contributed by atoms with Gasteiger partial charge in [0.15, 0.2) is 0 Å². The van der Waals surface area contributed by atoms with Crippen molar-refractivity contribution >= 4 is 28.0 Å². The SMILES string of the molecule is CC(C)(C)c1cc(-c2cc(-c3ccccc3)nc(-c3[c-]c(N(c4ccccn4)c4cccc5ccccc45)ccc3)n2)c(O)c(C(C)(C)C)c1.[Pt]. The molecule has 5 nitrogen and oxygen atoms in total. The van der Waals surface area contributed by atoms with Crippen molar-refractivity contribution in [3.63, 3.8) is 0 Å². The summed E-state index contributed by atoms with van der Waals surface area (Å²) >= 11 is 0. The summed E-state index contributed by atoms with van der Waals surface area (Å²) < 4.78 is 0. The van der Waals surface area contributed by atoms with E-state index in [9.17, 15) is 5.11 Å². The smallest absolute Gasteiger partial charge is 0.136 e. The number of hydrogen-bond donors (Lipinski definition) is 1. The van der Waals surface area contributed by atoms with Crippen molar-refractivity contribution in [3.8, 4) is 39.7 Å². The Morgan fingerprint density at radius 2 is 1.33 bits per heavy atom. The van der Waals surface area contributed by atoms with Gasteiger partial charge in [-0.3, -0.25) is 9.97 Å². The van der Waals surface area contributed by atoms with Crippen LogP contribution in [0, 0.1) is 6.07 Å². The molecular weight excluding hydrogens is 808 g/mol. The number of fused-ring (bicyclic) bond motifs is 1. The van der Waals surface area contributed by atoms with Crippen molar-refractivity contribution in [2.75, 3.05) is 4.90 Å². The first-order chi connectivity index (χ1) is 24.0. The molecule has 0 aliphatic rings. The van der Waals surface area contributed by atoms with Crippen molar-refractivity contribution in [1.82, 2.24) is 15.0 Å². The first kappa shape index (κ1) is 35.7. The summed E-state index contributed by atoms with van der Waals surface area (Å²) in [5, 5.41) is 14.1. The van der Waals surface area contributed by atoms with E-state index in [-0.39, 0.29) is 37.6 Å². The average molecular weight is 849 g/mol. The first-order valence-corrected chi connectivity index (χ1v) is 17.0. The van der Waals surface area contributed by atoms with Gasteiger partial charge in [-0.15, -0.1) is 29.8 Å². The molecule has 0 saturated carbocycles. The maximum Gasteiger partial charge on any atom is 0.136 e. The normalized spacial score (nSPS) is 11.6. The number of rotatable bonds is 6. The summed E-state index contributed by atoms with van der Waals surface area (Å²) in [6, 6.07) is 46.6. The maximum absolute atomic E-state index is 11.9. The molecule has 0 unspecified atom stereocenters. The number of benzene rings is 5. The number of phenols is 1. The first-order valence-electron chi connectivity index (χ1n) is 17.0. The molecule has 7 rings (SSSR count). The molecule has 0 atom stereocenters. The Hall–Kier alpha value is -5.12. The number of anilines is 3. The molecule has 0 fully saturated rings. The van der Waals surface area contributed by atoms with Crippen molar-refractivity contribution in [2.45, 2.75) is 52.4 Å². The van der Waals surface area contributed by atoms with Crippen LogP contribution in [-0.4, -0.2) is 20.1 Å². The molecule has 7 aromatic rings. The Morgan fingerprint density at radius 3 is 2.06 bits per heavy atom. The summed E-state index contributed by atoms with van der Waals surface area (Å²) in [7, 11) is 0. The van der Waals surface area contributed by atoms with Crippen LogP contribution in [0.15, 0.2) is 134 Å². The Labute approximate surface area is 315 Å². The van der Waals surface area contributed by atoms with Gasteiger partial charge in [-0.2, -0.15) is 0 Å². The van der Waals surface area contributed by atoms with Crippen molar-refractivity contribution in [3.05, 3.63) is 151 Å². The molecule has 0 radical (unpaired) electrons. The molecule has 5 aromatic carbocycles. The van der Waals surface area contributed by atoms with E-state index in [1.807, 2.05) is 72.8 Å². The largest absolute Gasteiger partial charge is 0.507 e. The second-order valence-corrected chi connectivity index (χ2v) is 14.7. The van der Waals surface area contributed by atoms with E-state index < -0.39 is 0 Å². The molecule has 0 bridgehead atoms. The monoisotopic (exact) mass is 848 g/mol. The number of pyridine rings is 1. The Bertz CT molecular complexity index is 2300. The third-order valence-corrected chi connectivity index (χ3v) is 9.00. The Morgan fingerprint density at radius 1 is 0.647 bits per heavy atom. The van der Waals surface area contributed by atoms with E-state index in [0.717, 1.165) is 55.9 Å². The van der Waals surface area contributed by atoms with Crippen LogP contribution in [0.1, 0.15) is 52.7 Å². The quantitative estimate of drug-likeness (QED) is 0.169. The third-order valence-electron chi connectivity index (χ3n) is 9.00. The van der Waals surface area contributed by atoms with E-state index in [4.69, 9.17) is 15.0 Å². The van der Waals surface area contributed by atoms with Gasteiger partial charge in [-0.1, -0.05) is 120 Å². The molecule has 0 spiro atoms. The van der Waals surface area contributed by atoms with Crippen molar-refractivity contribution in [1.29, 1.82) is 0 Å². The third kappa shape index (κ3) is 7.36. The molecule has 2 aromatic heterocycles. The van der Waals surface area contributed by atoms with E-state index in [0.29, 0.717) is 17.1 Å². The minimum atomic E-state index is -0.281. The van der Waals surface area contributed by atoms with Crippen LogP contribution in [-0.2, 0) is 31.9 Å². The average Bonchev–Trinajstić information content (AvgIpc) is 3.12.